The molecule has 0 aliphatic heterocycles. The fraction of sp³-hybridized carbons (Fsp3) is 0.214. The summed E-state index contributed by atoms with van der Waals surface area (Å²) < 4.78 is 28.6. The average Bonchev–Trinajstić information content (AvgIpc) is 2.37. The molecule has 5 heteroatoms. The summed E-state index contributed by atoms with van der Waals surface area (Å²) in [5.41, 5.74) is 2.71. The highest BCUT2D eigenvalue weighted by atomic mass is 32.2. The normalized spacial score (nSPS) is 11.3. The van der Waals surface area contributed by atoms with Crippen LogP contribution in [0.5, 0.6) is 5.75 Å². The first-order valence-electron chi connectivity index (χ1n) is 5.72. The van der Waals surface area contributed by atoms with E-state index in [-0.39, 0.29) is 4.90 Å². The van der Waals surface area contributed by atoms with E-state index >= 15 is 0 Å². The number of aryl methyl sites for hydroxylation is 1. The van der Waals surface area contributed by atoms with Crippen molar-refractivity contribution < 1.29 is 13.2 Å². The van der Waals surface area contributed by atoms with Gasteiger partial charge in [0.15, 0.2) is 9.84 Å². The number of rotatable bonds is 3. The van der Waals surface area contributed by atoms with Crippen molar-refractivity contribution in [1.29, 1.82) is 0 Å². The van der Waals surface area contributed by atoms with Crippen molar-refractivity contribution in [3.05, 3.63) is 42.2 Å². The fourth-order valence-corrected chi connectivity index (χ4v) is 2.50. The number of sulfone groups is 1. The Balaban J connectivity index is 2.68. The Morgan fingerprint density at radius 3 is 2.53 bits per heavy atom. The molecule has 1 aromatic heterocycles. The predicted molar refractivity (Wildman–Crippen MR) is 74.1 cm³/mol. The summed E-state index contributed by atoms with van der Waals surface area (Å²) >= 11 is 0. The Hall–Kier alpha value is -1.88. The van der Waals surface area contributed by atoms with E-state index in [2.05, 4.69) is 4.98 Å². The van der Waals surface area contributed by atoms with Crippen LogP contribution in [0.15, 0.2) is 41.6 Å². The monoisotopic (exact) mass is 277 g/mol. The van der Waals surface area contributed by atoms with Crippen LogP contribution in [0.1, 0.15) is 5.56 Å². The molecule has 0 radical (unpaired) electrons. The molecule has 19 heavy (non-hydrogen) atoms. The van der Waals surface area contributed by atoms with Gasteiger partial charge in [-0.15, -0.1) is 0 Å². The molecule has 0 aliphatic carbocycles. The minimum atomic E-state index is -3.28. The van der Waals surface area contributed by atoms with Crippen LogP contribution in [0.25, 0.3) is 11.1 Å². The zero-order valence-corrected chi connectivity index (χ0v) is 11.9. The van der Waals surface area contributed by atoms with Crippen molar-refractivity contribution in [3.8, 4) is 16.9 Å². The molecule has 0 atom stereocenters. The van der Waals surface area contributed by atoms with Crippen LogP contribution in [0.2, 0.25) is 0 Å². The lowest BCUT2D eigenvalue weighted by molar-refractivity contribution is 0.413. The first-order chi connectivity index (χ1) is 8.91. The van der Waals surface area contributed by atoms with Crippen LogP contribution in [0, 0.1) is 6.92 Å². The standard InChI is InChI=1S/C14H15NO3S/c1-10-4-5-15-9-14(10)11-6-12(18-2)8-13(7-11)19(3,16)17/h4-9H,1-3H3. The summed E-state index contributed by atoms with van der Waals surface area (Å²) in [5.74, 6) is 0.515. The van der Waals surface area contributed by atoms with Gasteiger partial charge in [0.1, 0.15) is 5.75 Å². The number of hydrogen-bond acceptors (Lipinski definition) is 4. The number of pyridine rings is 1. The zero-order valence-electron chi connectivity index (χ0n) is 11.0. The first kappa shape index (κ1) is 13.5. The first-order valence-corrected chi connectivity index (χ1v) is 7.61. The lowest BCUT2D eigenvalue weighted by atomic mass is 10.0. The van der Waals surface area contributed by atoms with E-state index in [1.165, 1.54) is 19.4 Å². The number of ether oxygens (including phenoxy) is 1. The van der Waals surface area contributed by atoms with Crippen LogP contribution >= 0.6 is 0 Å². The molecule has 0 fully saturated rings. The van der Waals surface area contributed by atoms with Gasteiger partial charge in [0.2, 0.25) is 0 Å². The molecule has 2 rings (SSSR count). The van der Waals surface area contributed by atoms with Gasteiger partial charge in [-0.1, -0.05) is 0 Å². The van der Waals surface area contributed by atoms with Crippen molar-refractivity contribution in [2.45, 2.75) is 11.8 Å². The van der Waals surface area contributed by atoms with E-state index < -0.39 is 9.84 Å². The van der Waals surface area contributed by atoms with E-state index in [1.807, 2.05) is 13.0 Å². The third kappa shape index (κ3) is 2.93. The predicted octanol–water partition coefficient (Wildman–Crippen LogP) is 2.47. The van der Waals surface area contributed by atoms with Gasteiger partial charge >= 0.3 is 0 Å². The van der Waals surface area contributed by atoms with Gasteiger partial charge in [0.05, 0.1) is 12.0 Å². The fourth-order valence-electron chi connectivity index (χ4n) is 1.83. The molecule has 0 bridgehead atoms. The van der Waals surface area contributed by atoms with Gasteiger partial charge < -0.3 is 4.74 Å². The molecule has 0 amide bonds. The largest absolute Gasteiger partial charge is 0.497 e. The molecule has 100 valence electrons. The Bertz CT molecular complexity index is 708. The minimum Gasteiger partial charge on any atom is -0.497 e. The number of methoxy groups -OCH3 is 1. The van der Waals surface area contributed by atoms with Crippen LogP contribution in [0.3, 0.4) is 0 Å². The maximum Gasteiger partial charge on any atom is 0.175 e. The Kier molecular flexibility index (Phi) is 3.57. The molecule has 1 aromatic carbocycles. The van der Waals surface area contributed by atoms with Gasteiger partial charge in [-0.3, -0.25) is 4.98 Å². The van der Waals surface area contributed by atoms with E-state index in [0.717, 1.165) is 16.7 Å². The second kappa shape index (κ2) is 5.01. The molecule has 0 unspecified atom stereocenters. The Morgan fingerprint density at radius 1 is 1.21 bits per heavy atom. The Labute approximate surface area is 113 Å². The maximum atomic E-state index is 11.7. The number of aromatic nitrogens is 1. The zero-order chi connectivity index (χ0) is 14.0. The molecule has 0 aliphatic rings. The molecule has 0 spiro atoms. The number of nitrogens with zero attached hydrogens (tertiary/aromatic N) is 1. The second-order valence-electron chi connectivity index (χ2n) is 4.36. The highest BCUT2D eigenvalue weighted by Gasteiger charge is 2.12. The lowest BCUT2D eigenvalue weighted by Crippen LogP contribution is -1.99. The molecule has 4 nitrogen and oxygen atoms in total. The van der Waals surface area contributed by atoms with Crippen LogP contribution in [-0.4, -0.2) is 26.8 Å². The number of benzene rings is 1. The van der Waals surface area contributed by atoms with Crippen molar-refractivity contribution in [3.63, 3.8) is 0 Å². The summed E-state index contributed by atoms with van der Waals surface area (Å²) in [6.07, 6.45) is 4.61. The van der Waals surface area contributed by atoms with Crippen molar-refractivity contribution in [2.24, 2.45) is 0 Å². The van der Waals surface area contributed by atoms with Crippen molar-refractivity contribution >= 4 is 9.84 Å². The van der Waals surface area contributed by atoms with Crippen LogP contribution in [-0.2, 0) is 9.84 Å². The smallest absolute Gasteiger partial charge is 0.175 e. The van der Waals surface area contributed by atoms with Crippen molar-refractivity contribution in [2.75, 3.05) is 13.4 Å². The SMILES string of the molecule is COc1cc(-c2cnccc2C)cc(S(C)(=O)=O)c1. The molecular weight excluding hydrogens is 262 g/mol. The third-order valence-corrected chi connectivity index (χ3v) is 3.99. The topological polar surface area (TPSA) is 56.3 Å². The molecule has 0 saturated carbocycles. The van der Waals surface area contributed by atoms with Gasteiger partial charge in [-0.05, 0) is 42.3 Å². The Morgan fingerprint density at radius 2 is 1.95 bits per heavy atom. The van der Waals surface area contributed by atoms with E-state index in [4.69, 9.17) is 4.74 Å². The summed E-state index contributed by atoms with van der Waals surface area (Å²) in [6, 6.07) is 6.85. The van der Waals surface area contributed by atoms with Crippen molar-refractivity contribution in [1.82, 2.24) is 4.98 Å². The molecule has 0 N–H and O–H groups in total. The van der Waals surface area contributed by atoms with E-state index in [9.17, 15) is 8.42 Å². The van der Waals surface area contributed by atoms with Gasteiger partial charge in [0.25, 0.3) is 0 Å². The van der Waals surface area contributed by atoms with Gasteiger partial charge in [-0.2, -0.15) is 0 Å². The van der Waals surface area contributed by atoms with Gasteiger partial charge in [0, 0.05) is 24.2 Å². The van der Waals surface area contributed by atoms with Crippen LogP contribution in [0.4, 0.5) is 0 Å². The minimum absolute atomic E-state index is 0.241. The molecule has 0 saturated heterocycles. The average molecular weight is 277 g/mol. The summed E-state index contributed by atoms with van der Waals surface area (Å²) in [6.45, 7) is 1.95. The maximum absolute atomic E-state index is 11.7. The van der Waals surface area contributed by atoms with E-state index in [0.29, 0.717) is 5.75 Å². The molecule has 1 heterocycles. The highest BCUT2D eigenvalue weighted by Crippen LogP contribution is 2.29. The van der Waals surface area contributed by atoms with Crippen LogP contribution < -0.4 is 4.74 Å². The summed E-state index contributed by atoms with van der Waals surface area (Å²) in [7, 11) is -1.76. The summed E-state index contributed by atoms with van der Waals surface area (Å²) in [5, 5.41) is 0. The van der Waals surface area contributed by atoms with Gasteiger partial charge in [-0.25, -0.2) is 8.42 Å². The second-order valence-corrected chi connectivity index (χ2v) is 6.38. The molecular formula is C14H15NO3S. The molecule has 2 aromatic rings. The quantitative estimate of drug-likeness (QED) is 0.864. The summed E-state index contributed by atoms with van der Waals surface area (Å²) in [4.78, 5) is 4.32. The lowest BCUT2D eigenvalue weighted by Gasteiger charge is -2.10. The number of hydrogen-bond donors (Lipinski definition) is 0. The third-order valence-electron chi connectivity index (χ3n) is 2.89. The van der Waals surface area contributed by atoms with E-state index in [1.54, 1.807) is 24.5 Å². The highest BCUT2D eigenvalue weighted by molar-refractivity contribution is 7.90.